The van der Waals surface area contributed by atoms with Crippen LogP contribution in [0.5, 0.6) is 0 Å². The fourth-order valence-corrected chi connectivity index (χ4v) is 2.10. The van der Waals surface area contributed by atoms with Crippen LogP contribution in [0.1, 0.15) is 17.5 Å². The third-order valence-corrected chi connectivity index (χ3v) is 3.33. The molecule has 0 saturated carbocycles. The van der Waals surface area contributed by atoms with Gasteiger partial charge in [-0.05, 0) is 31.0 Å². The van der Waals surface area contributed by atoms with Crippen LogP contribution < -0.4 is 10.6 Å². The zero-order chi connectivity index (χ0) is 14.5. The van der Waals surface area contributed by atoms with E-state index in [1.807, 2.05) is 19.1 Å². The van der Waals surface area contributed by atoms with E-state index in [9.17, 15) is 9.59 Å². The van der Waals surface area contributed by atoms with Gasteiger partial charge >= 0.3 is 11.8 Å². The Balaban J connectivity index is 1.94. The normalized spacial score (nSPS) is 10.1. The van der Waals surface area contributed by atoms with Crippen molar-refractivity contribution in [2.24, 2.45) is 0 Å². The number of aryl methyl sites for hydroxylation is 2. The maximum absolute atomic E-state index is 11.7. The Morgan fingerprint density at radius 2 is 1.75 bits per heavy atom. The molecule has 1 aromatic heterocycles. The number of nitrogens with one attached hydrogen (secondary N) is 2. The summed E-state index contributed by atoms with van der Waals surface area (Å²) in [4.78, 5) is 23.4. The van der Waals surface area contributed by atoms with Crippen molar-refractivity contribution in [3.8, 4) is 0 Å². The van der Waals surface area contributed by atoms with Crippen LogP contribution in [0.4, 0.5) is 10.8 Å². The first kappa shape index (κ1) is 14.1. The number of aromatic nitrogens is 2. The van der Waals surface area contributed by atoms with E-state index in [4.69, 9.17) is 0 Å². The maximum Gasteiger partial charge on any atom is 0.315 e. The van der Waals surface area contributed by atoms with E-state index in [0.717, 1.165) is 17.0 Å². The summed E-state index contributed by atoms with van der Waals surface area (Å²) in [7, 11) is 0. The Kier molecular flexibility index (Phi) is 4.41. The molecule has 0 unspecified atom stereocenters. The Hall–Kier alpha value is -2.28. The molecule has 0 spiro atoms. The minimum Gasteiger partial charge on any atom is -0.318 e. The molecule has 104 valence electrons. The molecule has 0 aliphatic heterocycles. The molecule has 2 N–H and O–H groups in total. The number of hydrogen-bond donors (Lipinski definition) is 2. The van der Waals surface area contributed by atoms with Crippen molar-refractivity contribution in [1.29, 1.82) is 0 Å². The first-order chi connectivity index (χ1) is 9.58. The predicted molar refractivity (Wildman–Crippen MR) is 77.7 cm³/mol. The van der Waals surface area contributed by atoms with Gasteiger partial charge in [0.15, 0.2) is 0 Å². The Labute approximate surface area is 120 Å². The number of anilines is 2. The number of rotatable bonds is 3. The summed E-state index contributed by atoms with van der Waals surface area (Å²) >= 11 is 1.21. The van der Waals surface area contributed by atoms with E-state index < -0.39 is 11.8 Å². The monoisotopic (exact) mass is 290 g/mol. The van der Waals surface area contributed by atoms with E-state index >= 15 is 0 Å². The van der Waals surface area contributed by atoms with Gasteiger partial charge in [0, 0.05) is 5.69 Å². The first-order valence-corrected chi connectivity index (χ1v) is 6.91. The van der Waals surface area contributed by atoms with E-state index in [0.29, 0.717) is 10.8 Å². The van der Waals surface area contributed by atoms with Crippen LogP contribution in [0, 0.1) is 6.92 Å². The number of amides is 2. The van der Waals surface area contributed by atoms with Crippen molar-refractivity contribution in [3.05, 3.63) is 34.8 Å². The molecule has 2 aromatic rings. The SMILES string of the molecule is CCc1ccc(NC(=O)C(=O)Nc2nnc(C)s2)cc1. The van der Waals surface area contributed by atoms with Crippen LogP contribution in [0.2, 0.25) is 0 Å². The predicted octanol–water partition coefficient (Wildman–Crippen LogP) is 1.99. The minimum atomic E-state index is -0.763. The topological polar surface area (TPSA) is 84.0 Å². The lowest BCUT2D eigenvalue weighted by Crippen LogP contribution is -2.29. The highest BCUT2D eigenvalue weighted by Gasteiger charge is 2.15. The zero-order valence-electron chi connectivity index (χ0n) is 11.1. The highest BCUT2D eigenvalue weighted by molar-refractivity contribution is 7.15. The fraction of sp³-hybridized carbons (Fsp3) is 0.231. The molecule has 0 atom stereocenters. The minimum absolute atomic E-state index is 0.309. The number of carbonyl (C=O) groups is 2. The molecule has 7 heteroatoms. The lowest BCUT2D eigenvalue weighted by atomic mass is 10.1. The molecule has 0 saturated heterocycles. The Bertz CT molecular complexity index is 622. The van der Waals surface area contributed by atoms with Crippen LogP contribution in [0.25, 0.3) is 0 Å². The molecule has 6 nitrogen and oxygen atoms in total. The van der Waals surface area contributed by atoms with Crippen molar-refractivity contribution in [1.82, 2.24) is 10.2 Å². The van der Waals surface area contributed by atoms with Crippen LogP contribution in [0.3, 0.4) is 0 Å². The summed E-state index contributed by atoms with van der Waals surface area (Å²) in [5.41, 5.74) is 1.74. The third kappa shape index (κ3) is 3.61. The van der Waals surface area contributed by atoms with Crippen LogP contribution in [0.15, 0.2) is 24.3 Å². The van der Waals surface area contributed by atoms with Gasteiger partial charge in [0.05, 0.1) is 0 Å². The lowest BCUT2D eigenvalue weighted by molar-refractivity contribution is -0.133. The quantitative estimate of drug-likeness (QED) is 0.847. The molecule has 0 aliphatic carbocycles. The van der Waals surface area contributed by atoms with Gasteiger partial charge in [-0.1, -0.05) is 30.4 Å². The number of carbonyl (C=O) groups excluding carboxylic acids is 2. The molecular formula is C13H14N4O2S. The second-order valence-corrected chi connectivity index (χ2v) is 5.27. The second kappa shape index (κ2) is 6.25. The van der Waals surface area contributed by atoms with Gasteiger partial charge in [0.25, 0.3) is 0 Å². The summed E-state index contributed by atoms with van der Waals surface area (Å²) in [5, 5.41) is 13.4. The van der Waals surface area contributed by atoms with Crippen molar-refractivity contribution < 1.29 is 9.59 Å². The zero-order valence-corrected chi connectivity index (χ0v) is 12.0. The molecule has 2 rings (SSSR count). The largest absolute Gasteiger partial charge is 0.318 e. The Morgan fingerprint density at radius 3 is 2.30 bits per heavy atom. The van der Waals surface area contributed by atoms with Crippen molar-refractivity contribution in [2.45, 2.75) is 20.3 Å². The highest BCUT2D eigenvalue weighted by Crippen LogP contribution is 2.14. The smallest absolute Gasteiger partial charge is 0.315 e. The van der Waals surface area contributed by atoms with Gasteiger partial charge in [-0.15, -0.1) is 10.2 Å². The number of nitrogens with zero attached hydrogens (tertiary/aromatic N) is 2. The summed E-state index contributed by atoms with van der Waals surface area (Å²) in [6, 6.07) is 7.33. The average molecular weight is 290 g/mol. The molecule has 0 aliphatic rings. The van der Waals surface area contributed by atoms with Crippen LogP contribution >= 0.6 is 11.3 Å². The van der Waals surface area contributed by atoms with E-state index in [2.05, 4.69) is 20.8 Å². The van der Waals surface area contributed by atoms with Gasteiger partial charge in [-0.25, -0.2) is 0 Å². The molecule has 0 fully saturated rings. The second-order valence-electron chi connectivity index (χ2n) is 4.08. The van der Waals surface area contributed by atoms with E-state index in [1.54, 1.807) is 19.1 Å². The number of hydrogen-bond acceptors (Lipinski definition) is 5. The van der Waals surface area contributed by atoms with Crippen molar-refractivity contribution >= 4 is 34.0 Å². The highest BCUT2D eigenvalue weighted by atomic mass is 32.1. The van der Waals surface area contributed by atoms with Gasteiger partial charge in [0.1, 0.15) is 5.01 Å². The average Bonchev–Trinajstić information content (AvgIpc) is 2.85. The van der Waals surface area contributed by atoms with Gasteiger partial charge < -0.3 is 5.32 Å². The van der Waals surface area contributed by atoms with Gasteiger partial charge in [-0.2, -0.15) is 0 Å². The van der Waals surface area contributed by atoms with Crippen LogP contribution in [-0.2, 0) is 16.0 Å². The molecule has 1 heterocycles. The van der Waals surface area contributed by atoms with E-state index in [-0.39, 0.29) is 0 Å². The molecule has 2 amide bonds. The van der Waals surface area contributed by atoms with Crippen LogP contribution in [-0.4, -0.2) is 22.0 Å². The third-order valence-electron chi connectivity index (χ3n) is 2.57. The summed E-state index contributed by atoms with van der Waals surface area (Å²) < 4.78 is 0. The summed E-state index contributed by atoms with van der Waals surface area (Å²) in [6.07, 6.45) is 0.922. The maximum atomic E-state index is 11.7. The molecule has 0 bridgehead atoms. The van der Waals surface area contributed by atoms with Crippen molar-refractivity contribution in [2.75, 3.05) is 10.6 Å². The van der Waals surface area contributed by atoms with Gasteiger partial charge in [0.2, 0.25) is 5.13 Å². The Morgan fingerprint density at radius 1 is 1.10 bits per heavy atom. The van der Waals surface area contributed by atoms with Gasteiger partial charge in [-0.3, -0.25) is 14.9 Å². The summed E-state index contributed by atoms with van der Waals surface area (Å²) in [5.74, 6) is -1.50. The first-order valence-electron chi connectivity index (χ1n) is 6.10. The fourth-order valence-electron chi connectivity index (χ4n) is 1.51. The molecular weight excluding hydrogens is 276 g/mol. The molecule has 20 heavy (non-hydrogen) atoms. The lowest BCUT2D eigenvalue weighted by Gasteiger charge is -2.05. The standard InChI is InChI=1S/C13H14N4O2S/c1-3-9-4-6-10(7-5-9)14-11(18)12(19)15-13-17-16-8(2)20-13/h4-7H,3H2,1-2H3,(H,14,18)(H,15,17,19). The van der Waals surface area contributed by atoms with Crippen molar-refractivity contribution in [3.63, 3.8) is 0 Å². The summed E-state index contributed by atoms with van der Waals surface area (Å²) in [6.45, 7) is 3.81. The van der Waals surface area contributed by atoms with E-state index in [1.165, 1.54) is 11.3 Å². The number of benzene rings is 1. The molecule has 1 aromatic carbocycles. The molecule has 0 radical (unpaired) electrons.